The predicted molar refractivity (Wildman–Crippen MR) is 119 cm³/mol. The third kappa shape index (κ3) is 3.17. The molecule has 3 aromatic heterocycles. The Kier molecular flexibility index (Phi) is 4.50. The lowest BCUT2D eigenvalue weighted by Crippen LogP contribution is -2.10. The number of furan rings is 1. The van der Waals surface area contributed by atoms with E-state index in [0.717, 1.165) is 15.5 Å². The topological polar surface area (TPSA) is 64.4 Å². The number of benzene rings is 2. The molecule has 8 heteroatoms. The molecular formula is C21H13ClN2O3S2. The summed E-state index contributed by atoms with van der Waals surface area (Å²) in [5.41, 5.74) is 1.31. The Balaban J connectivity index is 1.43. The highest BCUT2D eigenvalue weighted by molar-refractivity contribution is 7.21. The van der Waals surface area contributed by atoms with Gasteiger partial charge in [0, 0.05) is 20.9 Å². The van der Waals surface area contributed by atoms with Gasteiger partial charge in [-0.2, -0.15) is 0 Å². The molecule has 3 heterocycles. The first-order valence-corrected chi connectivity index (χ1v) is 10.7. The first-order chi connectivity index (χ1) is 14.1. The van der Waals surface area contributed by atoms with E-state index in [1.54, 1.807) is 7.11 Å². The second-order valence-electron chi connectivity index (χ2n) is 6.22. The zero-order valence-electron chi connectivity index (χ0n) is 15.1. The van der Waals surface area contributed by atoms with Gasteiger partial charge in [-0.25, -0.2) is 4.98 Å². The summed E-state index contributed by atoms with van der Waals surface area (Å²) in [5.74, 6) is 1.00. The maximum atomic E-state index is 12.7. The Labute approximate surface area is 178 Å². The van der Waals surface area contributed by atoms with E-state index in [4.69, 9.17) is 20.8 Å². The summed E-state index contributed by atoms with van der Waals surface area (Å²) in [5, 5.41) is 7.42. The van der Waals surface area contributed by atoms with Crippen LogP contribution in [0.15, 0.2) is 58.3 Å². The van der Waals surface area contributed by atoms with Gasteiger partial charge in [-0.15, -0.1) is 22.7 Å². The van der Waals surface area contributed by atoms with Crippen molar-refractivity contribution in [1.29, 1.82) is 0 Å². The monoisotopic (exact) mass is 440 g/mol. The van der Waals surface area contributed by atoms with Crippen LogP contribution in [0.3, 0.4) is 0 Å². The van der Waals surface area contributed by atoms with Crippen LogP contribution >= 0.6 is 34.3 Å². The van der Waals surface area contributed by atoms with Gasteiger partial charge in [0.1, 0.15) is 10.6 Å². The smallest absolute Gasteiger partial charge is 0.269 e. The molecule has 5 aromatic rings. The van der Waals surface area contributed by atoms with Crippen molar-refractivity contribution < 1.29 is 13.9 Å². The summed E-state index contributed by atoms with van der Waals surface area (Å²) in [6.07, 6.45) is 0. The van der Waals surface area contributed by atoms with E-state index < -0.39 is 0 Å². The number of para-hydroxylation sites is 1. The van der Waals surface area contributed by atoms with Crippen molar-refractivity contribution in [3.05, 3.63) is 63.8 Å². The van der Waals surface area contributed by atoms with E-state index in [0.29, 0.717) is 37.8 Å². The number of nitrogens with one attached hydrogen (secondary N) is 1. The van der Waals surface area contributed by atoms with Crippen molar-refractivity contribution in [2.24, 2.45) is 0 Å². The number of methoxy groups -OCH3 is 1. The molecule has 144 valence electrons. The van der Waals surface area contributed by atoms with Crippen molar-refractivity contribution >= 4 is 66.4 Å². The molecule has 2 aromatic carbocycles. The molecule has 0 radical (unpaired) electrons. The van der Waals surface area contributed by atoms with Gasteiger partial charge in [0.2, 0.25) is 0 Å². The number of carbonyl (C=O) groups excluding carboxylic acids is 1. The zero-order chi connectivity index (χ0) is 20.0. The van der Waals surface area contributed by atoms with Gasteiger partial charge in [0.05, 0.1) is 12.1 Å². The predicted octanol–water partition coefficient (Wildman–Crippen LogP) is 6.69. The normalized spacial score (nSPS) is 11.2. The fourth-order valence-electron chi connectivity index (χ4n) is 3.08. The van der Waals surface area contributed by atoms with Crippen LogP contribution in [0.1, 0.15) is 9.67 Å². The summed E-state index contributed by atoms with van der Waals surface area (Å²) >= 11 is 9.09. The first kappa shape index (κ1) is 18.2. The van der Waals surface area contributed by atoms with E-state index in [2.05, 4.69) is 10.3 Å². The van der Waals surface area contributed by atoms with Crippen molar-refractivity contribution in [3.63, 3.8) is 0 Å². The second kappa shape index (κ2) is 7.18. The van der Waals surface area contributed by atoms with Crippen LogP contribution in [-0.2, 0) is 0 Å². The van der Waals surface area contributed by atoms with Gasteiger partial charge < -0.3 is 9.15 Å². The Morgan fingerprint density at radius 1 is 1.21 bits per heavy atom. The molecule has 0 unspecified atom stereocenters. The molecule has 0 spiro atoms. The molecule has 29 heavy (non-hydrogen) atoms. The number of carbonyl (C=O) groups is 1. The fraction of sp³-hybridized carbons (Fsp3) is 0.0476. The summed E-state index contributed by atoms with van der Waals surface area (Å²) in [7, 11) is 1.60. The van der Waals surface area contributed by atoms with E-state index >= 15 is 0 Å². The van der Waals surface area contributed by atoms with Crippen LogP contribution in [-0.4, -0.2) is 18.0 Å². The number of thiophene rings is 1. The molecule has 0 atom stereocenters. The third-order valence-electron chi connectivity index (χ3n) is 4.45. The van der Waals surface area contributed by atoms with Crippen molar-refractivity contribution in [2.45, 2.75) is 0 Å². The quantitative estimate of drug-likeness (QED) is 0.338. The van der Waals surface area contributed by atoms with Gasteiger partial charge in [-0.05, 0) is 18.2 Å². The molecule has 0 aliphatic carbocycles. The number of anilines is 1. The van der Waals surface area contributed by atoms with Crippen molar-refractivity contribution in [3.8, 4) is 17.2 Å². The van der Waals surface area contributed by atoms with Gasteiger partial charge in [0.25, 0.3) is 5.91 Å². The number of hydrogen-bond acceptors (Lipinski definition) is 6. The van der Waals surface area contributed by atoms with Gasteiger partial charge in [-0.3, -0.25) is 10.1 Å². The number of thiazole rings is 1. The first-order valence-electron chi connectivity index (χ1n) is 8.65. The largest absolute Gasteiger partial charge is 0.493 e. The SMILES string of the molecule is COc1cccc2cc(-c3csc(NC(=O)c4sc5ccccc5c4Cl)n3)oc12. The number of aromatic nitrogens is 1. The maximum absolute atomic E-state index is 12.7. The molecular weight excluding hydrogens is 428 g/mol. The molecule has 0 aliphatic rings. The number of ether oxygens (including phenoxy) is 1. The number of amides is 1. The molecule has 0 fully saturated rings. The highest BCUT2D eigenvalue weighted by Crippen LogP contribution is 2.37. The summed E-state index contributed by atoms with van der Waals surface area (Å²) in [4.78, 5) is 17.7. The average molecular weight is 441 g/mol. The molecule has 1 amide bonds. The highest BCUT2D eigenvalue weighted by Gasteiger charge is 2.19. The molecule has 0 aliphatic heterocycles. The lowest BCUT2D eigenvalue weighted by Gasteiger charge is -1.99. The number of nitrogens with zero attached hydrogens (tertiary/aromatic N) is 1. The Bertz CT molecular complexity index is 1370. The maximum Gasteiger partial charge on any atom is 0.269 e. The van der Waals surface area contributed by atoms with Gasteiger partial charge >= 0.3 is 0 Å². The minimum Gasteiger partial charge on any atom is -0.493 e. The average Bonchev–Trinajstić information content (AvgIpc) is 3.45. The minimum absolute atomic E-state index is 0.275. The molecule has 0 saturated carbocycles. The zero-order valence-corrected chi connectivity index (χ0v) is 17.5. The standard InChI is InChI=1S/C21H13ClN2O3S2/c1-26-14-7-4-5-11-9-15(27-18(11)14)13-10-28-21(23-13)24-20(25)19-17(22)12-6-2-3-8-16(12)29-19/h2-10H,1H3,(H,23,24,25). The number of rotatable bonds is 4. The summed E-state index contributed by atoms with van der Waals surface area (Å²) in [6.45, 7) is 0. The van der Waals surface area contributed by atoms with E-state index in [-0.39, 0.29) is 5.91 Å². The van der Waals surface area contributed by atoms with E-state index in [1.165, 1.54) is 22.7 Å². The molecule has 0 bridgehead atoms. The lowest BCUT2D eigenvalue weighted by molar-refractivity contribution is 0.103. The van der Waals surface area contributed by atoms with Crippen LogP contribution in [0.25, 0.3) is 32.5 Å². The fourth-order valence-corrected chi connectivity index (χ4v) is 5.19. The Morgan fingerprint density at radius 3 is 2.90 bits per heavy atom. The minimum atomic E-state index is -0.275. The van der Waals surface area contributed by atoms with E-state index in [9.17, 15) is 4.79 Å². The van der Waals surface area contributed by atoms with Crippen LogP contribution in [0, 0.1) is 0 Å². The van der Waals surface area contributed by atoms with Crippen molar-refractivity contribution in [1.82, 2.24) is 4.98 Å². The van der Waals surface area contributed by atoms with E-state index in [1.807, 2.05) is 53.9 Å². The number of halogens is 1. The molecule has 1 N–H and O–H groups in total. The Morgan fingerprint density at radius 2 is 2.07 bits per heavy atom. The molecule has 0 saturated heterocycles. The number of fused-ring (bicyclic) bond motifs is 2. The third-order valence-corrected chi connectivity index (χ3v) is 6.88. The van der Waals surface area contributed by atoms with Gasteiger partial charge in [-0.1, -0.05) is 41.9 Å². The lowest BCUT2D eigenvalue weighted by atomic mass is 10.2. The second-order valence-corrected chi connectivity index (χ2v) is 8.51. The molecule has 5 nitrogen and oxygen atoms in total. The van der Waals surface area contributed by atoms with Crippen LogP contribution in [0.2, 0.25) is 5.02 Å². The van der Waals surface area contributed by atoms with Crippen molar-refractivity contribution in [2.75, 3.05) is 12.4 Å². The summed E-state index contributed by atoms with van der Waals surface area (Å²) < 4.78 is 12.2. The van der Waals surface area contributed by atoms with Crippen LogP contribution < -0.4 is 10.1 Å². The van der Waals surface area contributed by atoms with Crippen LogP contribution in [0.4, 0.5) is 5.13 Å². The summed E-state index contributed by atoms with van der Waals surface area (Å²) in [6, 6.07) is 15.3. The van der Waals surface area contributed by atoms with Gasteiger partial charge in [0.15, 0.2) is 22.2 Å². The molecule has 5 rings (SSSR count). The Hall–Kier alpha value is -2.87. The number of hydrogen-bond donors (Lipinski definition) is 1. The van der Waals surface area contributed by atoms with Crippen LogP contribution in [0.5, 0.6) is 5.75 Å². The highest BCUT2D eigenvalue weighted by atomic mass is 35.5.